The van der Waals surface area contributed by atoms with Gasteiger partial charge in [-0.15, -0.1) is 0 Å². The molecule has 1 aliphatic heterocycles. The monoisotopic (exact) mass is 387 g/mol. The average Bonchev–Trinajstić information content (AvgIpc) is 3.46. The van der Waals surface area contributed by atoms with Gasteiger partial charge < -0.3 is 4.42 Å². The van der Waals surface area contributed by atoms with Crippen molar-refractivity contribution >= 4 is 11.7 Å². The lowest BCUT2D eigenvalue weighted by atomic mass is 10.1. The molecule has 5 heteroatoms. The van der Waals surface area contributed by atoms with Gasteiger partial charge in [-0.2, -0.15) is 4.57 Å². The molecule has 2 aromatic heterocycles. The Bertz CT molecular complexity index is 1380. The zero-order valence-corrected chi connectivity index (χ0v) is 15.4. The number of benzene rings is 2. The zero-order chi connectivity index (χ0) is 24.0. The number of carbonyl (C=O) groups excluding carboxylic acids is 1. The Hall–Kier alpha value is -3.73. The minimum absolute atomic E-state index is 0.0436. The summed E-state index contributed by atoms with van der Waals surface area (Å²) in [6, 6.07) is 10.4. The van der Waals surface area contributed by atoms with Crippen LogP contribution in [0.1, 0.15) is 28.7 Å². The third kappa shape index (κ3) is 3.43. The first-order chi connectivity index (χ1) is 16.3. The Balaban J connectivity index is 1.66. The van der Waals surface area contributed by atoms with Crippen molar-refractivity contribution in [3.8, 4) is 11.3 Å². The number of nitrogens with zero attached hydrogens (tertiary/aromatic N) is 2. The fourth-order valence-electron chi connectivity index (χ4n) is 3.45. The molecule has 4 aromatic rings. The number of nitrogens with one attached hydrogen (secondary N) is 1. The number of hydrogen-bond donors (Lipinski definition) is 1. The number of anilines is 1. The van der Waals surface area contributed by atoms with Crippen molar-refractivity contribution in [2.75, 3.05) is 5.32 Å². The van der Waals surface area contributed by atoms with Gasteiger partial charge in [0.15, 0.2) is 0 Å². The van der Waals surface area contributed by atoms with E-state index in [0.29, 0.717) is 30.1 Å². The lowest BCUT2D eigenvalue weighted by Crippen LogP contribution is -2.44. The summed E-state index contributed by atoms with van der Waals surface area (Å²) in [6.45, 7) is 0. The molecule has 3 heterocycles. The van der Waals surface area contributed by atoms with Crippen LogP contribution in [0.25, 0.3) is 11.3 Å². The molecule has 0 radical (unpaired) electrons. The average molecular weight is 387 g/mol. The molecule has 0 fully saturated rings. The highest BCUT2D eigenvalue weighted by molar-refractivity contribution is 5.82. The molecule has 5 rings (SSSR count). The van der Waals surface area contributed by atoms with Crippen LogP contribution in [0.3, 0.4) is 0 Å². The molecule has 1 unspecified atom stereocenters. The van der Waals surface area contributed by atoms with E-state index in [1.54, 1.807) is 18.4 Å². The number of rotatable bonds is 5. The van der Waals surface area contributed by atoms with Crippen LogP contribution in [0.4, 0.5) is 5.82 Å². The zero-order valence-electron chi connectivity index (χ0n) is 20.4. The second-order valence-corrected chi connectivity index (χ2v) is 6.77. The highest BCUT2D eigenvalue weighted by atomic mass is 16.3. The van der Waals surface area contributed by atoms with Crippen LogP contribution in [-0.2, 0) is 12.8 Å². The first-order valence-electron chi connectivity index (χ1n) is 11.7. The van der Waals surface area contributed by atoms with Gasteiger partial charge in [-0.05, 0) is 17.7 Å². The number of furan rings is 1. The molecule has 0 saturated carbocycles. The van der Waals surface area contributed by atoms with Gasteiger partial charge in [0, 0.05) is 12.0 Å². The molecule has 1 atom stereocenters. The molecule has 5 nitrogen and oxygen atoms in total. The largest absolute Gasteiger partial charge is 0.469 e. The molecule has 0 aliphatic carbocycles. The SMILES string of the molecule is [2H]c1c([2H])c([2H])c(-c2c[n+]3c(c(Cc4ccccc4)n2)NC(Cc2ccco2)C3=O)c([2H])c1[2H]. The van der Waals surface area contributed by atoms with Crippen molar-refractivity contribution in [3.05, 3.63) is 102 Å². The smallest absolute Gasteiger partial charge is 0.359 e. The van der Waals surface area contributed by atoms with Crippen molar-refractivity contribution in [1.82, 2.24) is 4.98 Å². The van der Waals surface area contributed by atoms with E-state index in [-0.39, 0.29) is 29.2 Å². The van der Waals surface area contributed by atoms with Gasteiger partial charge in [0.2, 0.25) is 6.04 Å². The Kier molecular flexibility index (Phi) is 3.21. The summed E-state index contributed by atoms with van der Waals surface area (Å²) in [5.41, 5.74) is 1.59. The van der Waals surface area contributed by atoms with E-state index in [2.05, 4.69) is 10.3 Å². The second kappa shape index (κ2) is 7.36. The first-order valence-corrected chi connectivity index (χ1v) is 9.25. The van der Waals surface area contributed by atoms with Gasteiger partial charge in [-0.1, -0.05) is 60.5 Å². The summed E-state index contributed by atoms with van der Waals surface area (Å²) in [5, 5.41) is 3.24. The molecular weight excluding hydrogens is 362 g/mol. The third-order valence-electron chi connectivity index (χ3n) is 4.82. The minimum Gasteiger partial charge on any atom is -0.469 e. The van der Waals surface area contributed by atoms with Crippen LogP contribution in [0.5, 0.6) is 0 Å². The Labute approximate surface area is 175 Å². The van der Waals surface area contributed by atoms with E-state index in [0.717, 1.165) is 5.56 Å². The van der Waals surface area contributed by atoms with E-state index >= 15 is 0 Å². The molecule has 0 amide bonds. The summed E-state index contributed by atoms with van der Waals surface area (Å²) < 4.78 is 47.4. The normalized spacial score (nSPS) is 17.6. The van der Waals surface area contributed by atoms with E-state index < -0.39 is 24.2 Å². The van der Waals surface area contributed by atoms with Crippen LogP contribution in [0, 0.1) is 0 Å². The number of hydrogen-bond acceptors (Lipinski definition) is 4. The molecule has 1 N–H and O–H groups in total. The maximum absolute atomic E-state index is 13.3. The van der Waals surface area contributed by atoms with Crippen molar-refractivity contribution in [2.24, 2.45) is 0 Å². The lowest BCUT2D eigenvalue weighted by molar-refractivity contribution is -0.552. The predicted octanol–water partition coefficient (Wildman–Crippen LogP) is 3.90. The van der Waals surface area contributed by atoms with Crippen molar-refractivity contribution in [2.45, 2.75) is 18.9 Å². The van der Waals surface area contributed by atoms with E-state index in [4.69, 9.17) is 11.3 Å². The van der Waals surface area contributed by atoms with Crippen molar-refractivity contribution < 1.29 is 20.6 Å². The van der Waals surface area contributed by atoms with Gasteiger partial charge >= 0.3 is 11.7 Å². The standard InChI is InChI=1S/C24H19N3O2/c28-24-21(15-19-12-7-13-29-19)26-23-20(14-17-8-3-1-4-9-17)25-22(16-27(23)24)18-10-5-2-6-11-18/h1-13,16,21H,14-15H2/p+1/i2D,5D,6D,10D,11D. The molecule has 142 valence electrons. The van der Waals surface area contributed by atoms with Gasteiger partial charge in [0.05, 0.1) is 19.5 Å². The Morgan fingerprint density at radius 1 is 1.10 bits per heavy atom. The molecular formula is C24H20N3O2+. The van der Waals surface area contributed by atoms with Gasteiger partial charge in [0.1, 0.15) is 23.3 Å². The third-order valence-corrected chi connectivity index (χ3v) is 4.82. The highest BCUT2D eigenvalue weighted by Gasteiger charge is 2.41. The molecule has 0 saturated heterocycles. The number of fused-ring (bicyclic) bond motifs is 1. The fourth-order valence-corrected chi connectivity index (χ4v) is 3.45. The fraction of sp³-hybridized carbons (Fsp3) is 0.125. The van der Waals surface area contributed by atoms with Gasteiger partial charge in [-0.25, -0.2) is 9.78 Å². The van der Waals surface area contributed by atoms with Crippen molar-refractivity contribution in [1.29, 1.82) is 0 Å². The number of aromatic nitrogens is 2. The first kappa shape index (κ1) is 12.7. The van der Waals surface area contributed by atoms with Crippen molar-refractivity contribution in [3.63, 3.8) is 0 Å². The molecule has 1 aliphatic rings. The molecule has 0 spiro atoms. The molecule has 2 aromatic carbocycles. The minimum atomic E-state index is -0.585. The molecule has 0 bridgehead atoms. The summed E-state index contributed by atoms with van der Waals surface area (Å²) in [6.07, 6.45) is 3.71. The van der Waals surface area contributed by atoms with Gasteiger partial charge in [0.25, 0.3) is 0 Å². The van der Waals surface area contributed by atoms with Crippen LogP contribution in [0.2, 0.25) is 0 Å². The van der Waals surface area contributed by atoms with E-state index in [9.17, 15) is 4.79 Å². The Morgan fingerprint density at radius 3 is 2.69 bits per heavy atom. The summed E-state index contributed by atoms with van der Waals surface area (Å²) >= 11 is 0. The highest BCUT2D eigenvalue weighted by Crippen LogP contribution is 2.24. The van der Waals surface area contributed by atoms with E-state index in [1.807, 2.05) is 30.3 Å². The van der Waals surface area contributed by atoms with Crippen LogP contribution >= 0.6 is 0 Å². The second-order valence-electron chi connectivity index (χ2n) is 6.77. The Morgan fingerprint density at radius 2 is 1.93 bits per heavy atom. The summed E-state index contributed by atoms with van der Waals surface area (Å²) in [5.74, 6) is 0.931. The van der Waals surface area contributed by atoms with Crippen LogP contribution < -0.4 is 9.88 Å². The lowest BCUT2D eigenvalue weighted by Gasteiger charge is -2.07. The van der Waals surface area contributed by atoms with E-state index in [1.165, 1.54) is 10.8 Å². The van der Waals surface area contributed by atoms with Crippen LogP contribution in [-0.4, -0.2) is 16.9 Å². The van der Waals surface area contributed by atoms with Gasteiger partial charge in [-0.3, -0.25) is 5.32 Å². The summed E-state index contributed by atoms with van der Waals surface area (Å²) in [7, 11) is 0. The topological polar surface area (TPSA) is 59.0 Å². The summed E-state index contributed by atoms with van der Waals surface area (Å²) in [4.78, 5) is 18.0. The quantitative estimate of drug-likeness (QED) is 0.528. The van der Waals surface area contributed by atoms with Crippen LogP contribution in [0.15, 0.2) is 89.6 Å². The predicted molar refractivity (Wildman–Crippen MR) is 110 cm³/mol. The maximum atomic E-state index is 13.3. The maximum Gasteiger partial charge on any atom is 0.359 e. The molecule has 29 heavy (non-hydrogen) atoms. The number of carbonyl (C=O) groups is 1.